The van der Waals surface area contributed by atoms with Crippen LogP contribution in [0.2, 0.25) is 5.02 Å². The summed E-state index contributed by atoms with van der Waals surface area (Å²) in [5, 5.41) is 5.42. The normalized spacial score (nSPS) is 15.2. The first kappa shape index (κ1) is 15.1. The molecule has 1 amide bonds. The maximum absolute atomic E-state index is 12.6. The van der Waals surface area contributed by atoms with Crippen LogP contribution >= 0.6 is 11.6 Å². The van der Waals surface area contributed by atoms with Gasteiger partial charge in [-0.25, -0.2) is 0 Å². The molecule has 7 heteroatoms. The standard InChI is InChI=1S/C13H14ClF3N2O/c14-10-4-3-9(13(15,16)17)5-11(10)19-12(20)7-18-6-8-1-2-8/h3-5,8,18H,1-2,6-7H2,(H,19,20). The van der Waals surface area contributed by atoms with Crippen molar-refractivity contribution in [2.75, 3.05) is 18.4 Å². The monoisotopic (exact) mass is 306 g/mol. The van der Waals surface area contributed by atoms with E-state index in [0.29, 0.717) is 5.92 Å². The summed E-state index contributed by atoms with van der Waals surface area (Å²) in [5.41, 5.74) is -0.872. The van der Waals surface area contributed by atoms with Gasteiger partial charge in [-0.2, -0.15) is 13.2 Å². The van der Waals surface area contributed by atoms with Gasteiger partial charge in [-0.3, -0.25) is 4.79 Å². The average molecular weight is 307 g/mol. The second-order valence-electron chi connectivity index (χ2n) is 4.81. The zero-order valence-electron chi connectivity index (χ0n) is 10.6. The van der Waals surface area contributed by atoms with Crippen LogP contribution in [0.25, 0.3) is 0 Å². The number of hydrogen-bond donors (Lipinski definition) is 2. The number of hydrogen-bond acceptors (Lipinski definition) is 2. The number of halogens is 4. The topological polar surface area (TPSA) is 41.1 Å². The lowest BCUT2D eigenvalue weighted by Crippen LogP contribution is -2.29. The fourth-order valence-electron chi connectivity index (χ4n) is 1.70. The molecule has 0 radical (unpaired) electrons. The first-order chi connectivity index (χ1) is 9.36. The summed E-state index contributed by atoms with van der Waals surface area (Å²) in [4.78, 5) is 11.6. The maximum atomic E-state index is 12.6. The molecule has 1 fully saturated rings. The Balaban J connectivity index is 1.94. The van der Waals surface area contributed by atoms with Crippen LogP contribution in [0.15, 0.2) is 18.2 Å². The molecule has 0 bridgehead atoms. The highest BCUT2D eigenvalue weighted by Gasteiger charge is 2.31. The van der Waals surface area contributed by atoms with Gasteiger partial charge in [0, 0.05) is 0 Å². The Morgan fingerprint density at radius 3 is 2.65 bits per heavy atom. The van der Waals surface area contributed by atoms with E-state index in [1.807, 2.05) is 0 Å². The van der Waals surface area contributed by atoms with E-state index >= 15 is 0 Å². The van der Waals surface area contributed by atoms with Crippen LogP contribution in [0, 0.1) is 5.92 Å². The molecular weight excluding hydrogens is 293 g/mol. The van der Waals surface area contributed by atoms with Crippen molar-refractivity contribution >= 4 is 23.2 Å². The lowest BCUT2D eigenvalue weighted by molar-refractivity contribution is -0.137. The molecule has 0 atom stereocenters. The quantitative estimate of drug-likeness (QED) is 0.876. The van der Waals surface area contributed by atoms with Gasteiger partial charge in [-0.15, -0.1) is 0 Å². The summed E-state index contributed by atoms with van der Waals surface area (Å²) in [7, 11) is 0. The minimum Gasteiger partial charge on any atom is -0.324 e. The van der Waals surface area contributed by atoms with Crippen LogP contribution in [-0.4, -0.2) is 19.0 Å². The lowest BCUT2D eigenvalue weighted by Gasteiger charge is -2.12. The van der Waals surface area contributed by atoms with E-state index in [1.54, 1.807) is 0 Å². The molecule has 1 aromatic rings. The second-order valence-corrected chi connectivity index (χ2v) is 5.22. The van der Waals surface area contributed by atoms with E-state index in [0.717, 1.165) is 37.6 Å². The highest BCUT2D eigenvalue weighted by Crippen LogP contribution is 2.33. The summed E-state index contributed by atoms with van der Waals surface area (Å²) in [5.74, 6) is 0.215. The summed E-state index contributed by atoms with van der Waals surface area (Å²) in [6, 6.07) is 2.84. The van der Waals surface area contributed by atoms with Crippen molar-refractivity contribution in [3.8, 4) is 0 Å². The van der Waals surface area contributed by atoms with Gasteiger partial charge in [-0.1, -0.05) is 11.6 Å². The highest BCUT2D eigenvalue weighted by atomic mass is 35.5. The molecular formula is C13H14ClF3N2O. The molecule has 3 nitrogen and oxygen atoms in total. The Hall–Kier alpha value is -1.27. The summed E-state index contributed by atoms with van der Waals surface area (Å²) >= 11 is 5.78. The van der Waals surface area contributed by atoms with E-state index in [2.05, 4.69) is 10.6 Å². The smallest absolute Gasteiger partial charge is 0.324 e. The van der Waals surface area contributed by atoms with Crippen molar-refractivity contribution in [2.45, 2.75) is 19.0 Å². The number of carbonyl (C=O) groups is 1. The molecule has 1 aliphatic carbocycles. The van der Waals surface area contributed by atoms with Crippen molar-refractivity contribution in [3.63, 3.8) is 0 Å². The molecule has 0 aliphatic heterocycles. The molecule has 0 heterocycles. The average Bonchev–Trinajstić information content (AvgIpc) is 3.14. The van der Waals surface area contributed by atoms with Gasteiger partial charge >= 0.3 is 6.18 Å². The highest BCUT2D eigenvalue weighted by molar-refractivity contribution is 6.33. The molecule has 0 aromatic heterocycles. The zero-order valence-corrected chi connectivity index (χ0v) is 11.3. The number of benzene rings is 1. The molecule has 1 aliphatic rings. The van der Waals surface area contributed by atoms with Crippen molar-refractivity contribution in [1.82, 2.24) is 5.32 Å². The Bertz CT molecular complexity index is 501. The minimum atomic E-state index is -4.46. The fraction of sp³-hybridized carbons (Fsp3) is 0.462. The molecule has 2 N–H and O–H groups in total. The number of alkyl halides is 3. The van der Waals surface area contributed by atoms with Gasteiger partial charge in [-0.05, 0) is 43.5 Å². The van der Waals surface area contributed by atoms with Crippen LogP contribution in [0.1, 0.15) is 18.4 Å². The molecule has 0 unspecified atom stereocenters. The van der Waals surface area contributed by atoms with Gasteiger partial charge in [0.15, 0.2) is 0 Å². The summed E-state index contributed by atoms with van der Waals surface area (Å²) in [6.07, 6.45) is -2.14. The van der Waals surface area contributed by atoms with Crippen molar-refractivity contribution < 1.29 is 18.0 Å². The first-order valence-electron chi connectivity index (χ1n) is 6.23. The predicted molar refractivity (Wildman–Crippen MR) is 70.7 cm³/mol. The molecule has 1 aromatic carbocycles. The van der Waals surface area contributed by atoms with Crippen LogP contribution in [0.3, 0.4) is 0 Å². The van der Waals surface area contributed by atoms with Crippen LogP contribution in [0.5, 0.6) is 0 Å². The number of rotatable bonds is 5. The fourth-order valence-corrected chi connectivity index (χ4v) is 1.87. The third kappa shape index (κ3) is 4.38. The Labute approximate surface area is 119 Å². The van der Waals surface area contributed by atoms with Gasteiger partial charge in [0.2, 0.25) is 5.91 Å². The number of nitrogens with one attached hydrogen (secondary N) is 2. The van der Waals surface area contributed by atoms with E-state index in [9.17, 15) is 18.0 Å². The second kappa shape index (κ2) is 6.01. The zero-order chi connectivity index (χ0) is 14.8. The number of anilines is 1. The predicted octanol–water partition coefficient (Wildman–Crippen LogP) is 3.30. The van der Waals surface area contributed by atoms with Crippen molar-refractivity contribution in [1.29, 1.82) is 0 Å². The molecule has 1 saturated carbocycles. The van der Waals surface area contributed by atoms with E-state index in [-0.39, 0.29) is 17.3 Å². The van der Waals surface area contributed by atoms with Crippen LogP contribution in [0.4, 0.5) is 18.9 Å². The van der Waals surface area contributed by atoms with E-state index < -0.39 is 17.6 Å². The van der Waals surface area contributed by atoms with E-state index in [1.165, 1.54) is 0 Å². The first-order valence-corrected chi connectivity index (χ1v) is 6.61. The molecule has 110 valence electrons. The summed E-state index contributed by atoms with van der Waals surface area (Å²) in [6.45, 7) is 0.812. The van der Waals surface area contributed by atoms with Gasteiger partial charge in [0.1, 0.15) is 0 Å². The Morgan fingerprint density at radius 2 is 2.05 bits per heavy atom. The molecule has 0 spiro atoms. The maximum Gasteiger partial charge on any atom is 0.416 e. The van der Waals surface area contributed by atoms with Gasteiger partial charge in [0.05, 0.1) is 22.8 Å². The number of amides is 1. The van der Waals surface area contributed by atoms with Gasteiger partial charge < -0.3 is 10.6 Å². The summed E-state index contributed by atoms with van der Waals surface area (Å²) < 4.78 is 37.7. The lowest BCUT2D eigenvalue weighted by atomic mass is 10.2. The van der Waals surface area contributed by atoms with Gasteiger partial charge in [0.25, 0.3) is 0 Å². The van der Waals surface area contributed by atoms with Crippen molar-refractivity contribution in [2.24, 2.45) is 5.92 Å². The Morgan fingerprint density at radius 1 is 1.35 bits per heavy atom. The SMILES string of the molecule is O=C(CNCC1CC1)Nc1cc(C(F)(F)F)ccc1Cl. The third-order valence-electron chi connectivity index (χ3n) is 2.98. The largest absolute Gasteiger partial charge is 0.416 e. The number of carbonyl (C=O) groups excluding carboxylic acids is 1. The van der Waals surface area contributed by atoms with E-state index in [4.69, 9.17) is 11.6 Å². The molecule has 0 saturated heterocycles. The Kier molecular flexibility index (Phi) is 4.55. The molecule has 20 heavy (non-hydrogen) atoms. The third-order valence-corrected chi connectivity index (χ3v) is 3.31. The van der Waals surface area contributed by atoms with Crippen molar-refractivity contribution in [3.05, 3.63) is 28.8 Å². The molecule has 2 rings (SSSR count). The minimum absolute atomic E-state index is 0.0280. The van der Waals surface area contributed by atoms with Crippen LogP contribution < -0.4 is 10.6 Å². The van der Waals surface area contributed by atoms with Crippen LogP contribution in [-0.2, 0) is 11.0 Å².